The molecule has 0 radical (unpaired) electrons. The van der Waals surface area contributed by atoms with E-state index in [1.165, 1.54) is 38.3 Å². The van der Waals surface area contributed by atoms with Crippen molar-refractivity contribution in [2.75, 3.05) is 11.4 Å². The smallest absolute Gasteiger partial charge is 0.141 e. The Hall–Kier alpha value is -1.16. The van der Waals surface area contributed by atoms with E-state index in [0.29, 0.717) is 12.1 Å². The normalized spacial score (nSPS) is 29.2. The second-order valence-corrected chi connectivity index (χ2v) is 6.28. The van der Waals surface area contributed by atoms with Gasteiger partial charge in [0.05, 0.1) is 6.20 Å². The van der Waals surface area contributed by atoms with Crippen molar-refractivity contribution in [3.05, 3.63) is 23.6 Å². The summed E-state index contributed by atoms with van der Waals surface area (Å²) in [5.74, 6) is 1.63. The van der Waals surface area contributed by atoms with Crippen LogP contribution in [0.5, 0.6) is 0 Å². The minimum atomic E-state index is -0.222. The molecule has 2 saturated carbocycles. The third-order valence-corrected chi connectivity index (χ3v) is 4.75. The van der Waals surface area contributed by atoms with E-state index in [-0.39, 0.29) is 5.82 Å². The Morgan fingerprint density at radius 1 is 1.32 bits per heavy atom. The predicted octanol–water partition coefficient (Wildman–Crippen LogP) is 2.46. The summed E-state index contributed by atoms with van der Waals surface area (Å²) < 4.78 is 13.5. The minimum Gasteiger partial charge on any atom is -0.353 e. The Kier molecular flexibility index (Phi) is 2.72. The summed E-state index contributed by atoms with van der Waals surface area (Å²) in [7, 11) is 0. The molecule has 0 amide bonds. The van der Waals surface area contributed by atoms with E-state index in [1.54, 1.807) is 6.07 Å². The van der Waals surface area contributed by atoms with Crippen molar-refractivity contribution in [3.8, 4) is 0 Å². The van der Waals surface area contributed by atoms with Crippen LogP contribution in [0.2, 0.25) is 0 Å². The molecule has 19 heavy (non-hydrogen) atoms. The molecule has 2 heterocycles. The number of fused-ring (bicyclic) bond motifs is 2. The highest BCUT2D eigenvalue weighted by Gasteiger charge is 2.39. The first kappa shape index (κ1) is 11.6. The summed E-state index contributed by atoms with van der Waals surface area (Å²) >= 11 is 0. The van der Waals surface area contributed by atoms with Gasteiger partial charge < -0.3 is 10.2 Å². The second-order valence-electron chi connectivity index (χ2n) is 6.28. The first-order valence-corrected chi connectivity index (χ1v) is 7.44. The molecule has 4 rings (SSSR count). The van der Waals surface area contributed by atoms with Crippen molar-refractivity contribution in [2.45, 2.75) is 50.7 Å². The number of pyridine rings is 1. The summed E-state index contributed by atoms with van der Waals surface area (Å²) in [5, 5.41) is 3.47. The van der Waals surface area contributed by atoms with Crippen LogP contribution in [0.1, 0.15) is 37.7 Å². The van der Waals surface area contributed by atoms with E-state index in [9.17, 15) is 4.39 Å². The van der Waals surface area contributed by atoms with Crippen molar-refractivity contribution >= 4 is 5.82 Å². The van der Waals surface area contributed by atoms with Crippen LogP contribution < -0.4 is 10.2 Å². The van der Waals surface area contributed by atoms with Crippen molar-refractivity contribution < 1.29 is 4.39 Å². The molecular formula is C15H20FN3. The van der Waals surface area contributed by atoms with Crippen LogP contribution in [0.15, 0.2) is 12.3 Å². The minimum absolute atomic E-state index is 0.222. The van der Waals surface area contributed by atoms with Crippen LogP contribution >= 0.6 is 0 Å². The highest BCUT2D eigenvalue weighted by molar-refractivity contribution is 5.49. The molecular weight excluding hydrogens is 241 g/mol. The molecule has 3 aliphatic rings. The summed E-state index contributed by atoms with van der Waals surface area (Å²) in [6.07, 6.45) is 7.81. The van der Waals surface area contributed by atoms with Crippen molar-refractivity contribution in [2.24, 2.45) is 5.92 Å². The zero-order valence-corrected chi connectivity index (χ0v) is 11.1. The topological polar surface area (TPSA) is 28.2 Å². The molecule has 1 aromatic rings. The Morgan fingerprint density at radius 2 is 2.21 bits per heavy atom. The number of hydrogen-bond donors (Lipinski definition) is 1. The van der Waals surface area contributed by atoms with Gasteiger partial charge in [-0.25, -0.2) is 9.37 Å². The molecule has 0 aromatic carbocycles. The highest BCUT2D eigenvalue weighted by atomic mass is 19.1. The van der Waals surface area contributed by atoms with Gasteiger partial charge in [0.15, 0.2) is 0 Å². The van der Waals surface area contributed by atoms with Gasteiger partial charge in [0.2, 0.25) is 0 Å². The third kappa shape index (κ3) is 2.22. The molecule has 3 nitrogen and oxygen atoms in total. The van der Waals surface area contributed by atoms with Gasteiger partial charge in [0.1, 0.15) is 11.6 Å². The number of aromatic nitrogens is 1. The summed E-state index contributed by atoms with van der Waals surface area (Å²) in [6.45, 7) is 1.86. The Balaban J connectivity index is 1.58. The fourth-order valence-electron chi connectivity index (χ4n) is 3.59. The van der Waals surface area contributed by atoms with Crippen LogP contribution in [0, 0.1) is 11.7 Å². The molecule has 0 spiro atoms. The molecule has 2 unspecified atom stereocenters. The summed E-state index contributed by atoms with van der Waals surface area (Å²) in [5.41, 5.74) is 1.03. The Labute approximate surface area is 113 Å². The zero-order valence-electron chi connectivity index (χ0n) is 11.1. The fourth-order valence-corrected chi connectivity index (χ4v) is 3.59. The first-order chi connectivity index (χ1) is 9.29. The van der Waals surface area contributed by atoms with E-state index in [2.05, 4.69) is 15.2 Å². The lowest BCUT2D eigenvalue weighted by atomic mass is 10.1. The monoisotopic (exact) mass is 261 g/mol. The number of piperidine rings is 1. The van der Waals surface area contributed by atoms with Gasteiger partial charge in [-0.05, 0) is 44.1 Å². The second kappa shape index (κ2) is 4.44. The fraction of sp³-hybridized carbons (Fsp3) is 0.667. The van der Waals surface area contributed by atoms with Gasteiger partial charge in [-0.1, -0.05) is 0 Å². The molecule has 2 atom stereocenters. The third-order valence-electron chi connectivity index (χ3n) is 4.75. The van der Waals surface area contributed by atoms with Gasteiger partial charge in [-0.3, -0.25) is 0 Å². The maximum atomic E-state index is 13.5. The summed E-state index contributed by atoms with van der Waals surface area (Å²) in [6, 6.07) is 2.94. The lowest BCUT2D eigenvalue weighted by Crippen LogP contribution is -2.34. The van der Waals surface area contributed by atoms with Gasteiger partial charge in [0.25, 0.3) is 0 Å². The highest BCUT2D eigenvalue weighted by Crippen LogP contribution is 2.40. The van der Waals surface area contributed by atoms with Crippen molar-refractivity contribution in [1.29, 1.82) is 0 Å². The van der Waals surface area contributed by atoms with Crippen molar-refractivity contribution in [1.82, 2.24) is 10.3 Å². The Bertz CT molecular complexity index is 486. The summed E-state index contributed by atoms with van der Waals surface area (Å²) in [4.78, 5) is 6.80. The molecule has 2 bridgehead atoms. The molecule has 3 fully saturated rings. The van der Waals surface area contributed by atoms with Gasteiger partial charge >= 0.3 is 0 Å². The van der Waals surface area contributed by atoms with Crippen LogP contribution in [0.3, 0.4) is 0 Å². The van der Waals surface area contributed by atoms with Crippen LogP contribution in [-0.2, 0) is 6.54 Å². The molecule has 102 valence electrons. The maximum Gasteiger partial charge on any atom is 0.141 e. The van der Waals surface area contributed by atoms with E-state index in [4.69, 9.17) is 0 Å². The van der Waals surface area contributed by atoms with Gasteiger partial charge in [-0.15, -0.1) is 0 Å². The molecule has 1 saturated heterocycles. The molecule has 4 heteroatoms. The van der Waals surface area contributed by atoms with Gasteiger partial charge in [0, 0.05) is 30.7 Å². The van der Waals surface area contributed by atoms with Crippen molar-refractivity contribution in [3.63, 3.8) is 0 Å². The van der Waals surface area contributed by atoms with E-state index in [0.717, 1.165) is 30.4 Å². The number of anilines is 1. The lowest BCUT2D eigenvalue weighted by Gasteiger charge is -2.29. The SMILES string of the molecule is Fc1cnc(N2CC3CCC2C3)c(CNC2CC2)c1. The number of nitrogens with zero attached hydrogens (tertiary/aromatic N) is 2. The average Bonchev–Trinajstić information content (AvgIpc) is 3.01. The predicted molar refractivity (Wildman–Crippen MR) is 72.5 cm³/mol. The average molecular weight is 261 g/mol. The standard InChI is InChI=1S/C15H20FN3/c16-12-6-11(7-17-13-2-3-13)15(18-8-12)19-9-10-1-4-14(19)5-10/h6,8,10,13-14,17H,1-5,7,9H2. The van der Waals surface area contributed by atoms with E-state index >= 15 is 0 Å². The van der Waals surface area contributed by atoms with Crippen LogP contribution in [-0.4, -0.2) is 23.6 Å². The first-order valence-electron chi connectivity index (χ1n) is 7.44. The number of halogens is 1. The number of nitrogens with one attached hydrogen (secondary N) is 1. The largest absolute Gasteiger partial charge is 0.353 e. The zero-order chi connectivity index (χ0) is 12.8. The maximum absolute atomic E-state index is 13.5. The molecule has 1 N–H and O–H groups in total. The quantitative estimate of drug-likeness (QED) is 0.902. The molecule has 1 aromatic heterocycles. The van der Waals surface area contributed by atoms with Gasteiger partial charge in [-0.2, -0.15) is 0 Å². The van der Waals surface area contributed by atoms with E-state index < -0.39 is 0 Å². The molecule has 2 aliphatic carbocycles. The lowest BCUT2D eigenvalue weighted by molar-refractivity contribution is 0.545. The van der Waals surface area contributed by atoms with Crippen LogP contribution in [0.25, 0.3) is 0 Å². The number of hydrogen-bond acceptors (Lipinski definition) is 3. The van der Waals surface area contributed by atoms with E-state index in [1.807, 2.05) is 0 Å². The number of rotatable bonds is 4. The molecule has 1 aliphatic heterocycles. The van der Waals surface area contributed by atoms with Crippen LogP contribution in [0.4, 0.5) is 10.2 Å². The Morgan fingerprint density at radius 3 is 2.89 bits per heavy atom.